The van der Waals surface area contributed by atoms with Gasteiger partial charge in [0.2, 0.25) is 5.78 Å². The van der Waals surface area contributed by atoms with E-state index in [0.29, 0.717) is 29.1 Å². The number of benzene rings is 1. The average Bonchev–Trinajstić information content (AvgIpc) is 2.89. The summed E-state index contributed by atoms with van der Waals surface area (Å²) in [4.78, 5) is 28.0. The summed E-state index contributed by atoms with van der Waals surface area (Å²) >= 11 is 0. The SMILES string of the molecule is CCOC(=O)c1c(C)[nH]c(C(=O)[C@@H](C)[NH2+][C@@H](C)c2ccccc2)c1C. The second-order valence-corrected chi connectivity index (χ2v) is 6.39. The van der Waals surface area contributed by atoms with E-state index < -0.39 is 0 Å². The number of aromatic amines is 1. The van der Waals surface area contributed by atoms with Gasteiger partial charge in [0, 0.05) is 11.3 Å². The third-order valence-corrected chi connectivity index (χ3v) is 4.48. The van der Waals surface area contributed by atoms with Gasteiger partial charge in [-0.25, -0.2) is 4.79 Å². The molecule has 5 heteroatoms. The van der Waals surface area contributed by atoms with Gasteiger partial charge in [0.25, 0.3) is 0 Å². The van der Waals surface area contributed by atoms with Gasteiger partial charge >= 0.3 is 5.97 Å². The maximum atomic E-state index is 12.9. The smallest absolute Gasteiger partial charge is 0.340 e. The third-order valence-electron chi connectivity index (χ3n) is 4.48. The number of quaternary nitrogens is 1. The number of hydrogen-bond donors (Lipinski definition) is 2. The number of aryl methyl sites for hydroxylation is 1. The van der Waals surface area contributed by atoms with Crippen molar-refractivity contribution >= 4 is 11.8 Å². The number of rotatable bonds is 7. The molecule has 2 aromatic rings. The van der Waals surface area contributed by atoms with Crippen molar-refractivity contribution in [2.45, 2.75) is 46.7 Å². The van der Waals surface area contributed by atoms with Crippen LogP contribution in [0.4, 0.5) is 0 Å². The molecule has 1 aromatic heterocycles. The molecule has 5 nitrogen and oxygen atoms in total. The number of ketones is 1. The van der Waals surface area contributed by atoms with Crippen molar-refractivity contribution in [1.29, 1.82) is 0 Å². The number of ether oxygens (including phenoxy) is 1. The van der Waals surface area contributed by atoms with Crippen LogP contribution in [-0.2, 0) is 4.74 Å². The van der Waals surface area contributed by atoms with Crippen molar-refractivity contribution in [2.75, 3.05) is 6.61 Å². The summed E-state index contributed by atoms with van der Waals surface area (Å²) in [7, 11) is 0. The zero-order valence-corrected chi connectivity index (χ0v) is 15.6. The van der Waals surface area contributed by atoms with Crippen molar-refractivity contribution in [3.8, 4) is 0 Å². The lowest BCUT2D eigenvalue weighted by Crippen LogP contribution is -2.91. The Morgan fingerprint density at radius 3 is 2.40 bits per heavy atom. The molecule has 0 amide bonds. The van der Waals surface area contributed by atoms with E-state index in [-0.39, 0.29) is 23.8 Å². The molecule has 0 aliphatic heterocycles. The Balaban J connectivity index is 2.17. The Labute approximate surface area is 148 Å². The van der Waals surface area contributed by atoms with Crippen molar-refractivity contribution in [2.24, 2.45) is 0 Å². The first-order valence-corrected chi connectivity index (χ1v) is 8.67. The second kappa shape index (κ2) is 8.12. The molecular formula is C20H27N2O3+. The molecule has 0 saturated carbocycles. The minimum atomic E-state index is -0.387. The number of nitrogens with one attached hydrogen (secondary N) is 1. The van der Waals surface area contributed by atoms with Gasteiger partial charge < -0.3 is 15.0 Å². The fraction of sp³-hybridized carbons (Fsp3) is 0.400. The highest BCUT2D eigenvalue weighted by Crippen LogP contribution is 2.20. The van der Waals surface area contributed by atoms with E-state index in [0.717, 1.165) is 0 Å². The van der Waals surface area contributed by atoms with Gasteiger partial charge in [0.15, 0.2) is 0 Å². The van der Waals surface area contributed by atoms with E-state index in [1.807, 2.05) is 30.4 Å². The Hall–Kier alpha value is -2.40. The lowest BCUT2D eigenvalue weighted by molar-refractivity contribution is -0.709. The molecule has 2 atom stereocenters. The van der Waals surface area contributed by atoms with Crippen LogP contribution in [0.2, 0.25) is 0 Å². The van der Waals surface area contributed by atoms with Crippen LogP contribution in [0.1, 0.15) is 64.5 Å². The number of esters is 1. The topological polar surface area (TPSA) is 75.8 Å². The zero-order chi connectivity index (χ0) is 18.6. The van der Waals surface area contributed by atoms with E-state index in [4.69, 9.17) is 4.74 Å². The predicted octanol–water partition coefficient (Wildman–Crippen LogP) is 2.70. The van der Waals surface area contributed by atoms with Gasteiger partial charge in [-0.3, -0.25) is 4.79 Å². The summed E-state index contributed by atoms with van der Waals surface area (Å²) in [5.74, 6) is -0.402. The Morgan fingerprint density at radius 2 is 1.80 bits per heavy atom. The molecule has 0 spiro atoms. The highest BCUT2D eigenvalue weighted by atomic mass is 16.5. The van der Waals surface area contributed by atoms with Crippen LogP contribution in [0, 0.1) is 13.8 Å². The van der Waals surface area contributed by atoms with Crippen LogP contribution in [0.5, 0.6) is 0 Å². The van der Waals surface area contributed by atoms with Crippen LogP contribution >= 0.6 is 0 Å². The number of carbonyl (C=O) groups excluding carboxylic acids is 2. The lowest BCUT2D eigenvalue weighted by atomic mass is 10.0. The summed E-state index contributed by atoms with van der Waals surface area (Å²) in [6.45, 7) is 9.62. The van der Waals surface area contributed by atoms with Gasteiger partial charge in [0.05, 0.1) is 17.9 Å². The largest absolute Gasteiger partial charge is 0.462 e. The maximum absolute atomic E-state index is 12.9. The monoisotopic (exact) mass is 343 g/mol. The average molecular weight is 343 g/mol. The minimum Gasteiger partial charge on any atom is -0.462 e. The van der Waals surface area contributed by atoms with Crippen molar-refractivity contribution < 1.29 is 19.6 Å². The second-order valence-electron chi connectivity index (χ2n) is 6.39. The molecule has 0 saturated heterocycles. The van der Waals surface area contributed by atoms with Gasteiger partial charge in [0.1, 0.15) is 12.1 Å². The zero-order valence-electron chi connectivity index (χ0n) is 15.6. The van der Waals surface area contributed by atoms with E-state index in [1.165, 1.54) is 5.56 Å². The number of Topliss-reactive ketones (excluding diaryl/α,β-unsaturated/α-hetero) is 1. The van der Waals surface area contributed by atoms with Crippen molar-refractivity contribution in [3.05, 3.63) is 58.4 Å². The first kappa shape index (κ1) is 18.9. The molecule has 0 aliphatic rings. The van der Waals surface area contributed by atoms with Crippen LogP contribution in [-0.4, -0.2) is 29.4 Å². The van der Waals surface area contributed by atoms with Gasteiger partial charge in [-0.1, -0.05) is 30.3 Å². The van der Waals surface area contributed by atoms with Gasteiger partial charge in [-0.15, -0.1) is 0 Å². The minimum absolute atomic E-state index is 0.0149. The highest BCUT2D eigenvalue weighted by molar-refractivity contribution is 6.03. The van der Waals surface area contributed by atoms with E-state index >= 15 is 0 Å². The predicted molar refractivity (Wildman–Crippen MR) is 96.8 cm³/mol. The van der Waals surface area contributed by atoms with Crippen molar-refractivity contribution in [1.82, 2.24) is 4.98 Å². The molecule has 3 N–H and O–H groups in total. The molecule has 1 aromatic carbocycles. The van der Waals surface area contributed by atoms with Gasteiger partial charge in [-0.05, 0) is 40.2 Å². The van der Waals surface area contributed by atoms with E-state index in [1.54, 1.807) is 20.8 Å². The molecule has 134 valence electrons. The fourth-order valence-corrected chi connectivity index (χ4v) is 3.12. The number of aromatic nitrogens is 1. The Kier molecular flexibility index (Phi) is 6.15. The normalized spacial score (nSPS) is 13.3. The molecule has 0 unspecified atom stereocenters. The van der Waals surface area contributed by atoms with Gasteiger partial charge in [-0.2, -0.15) is 0 Å². The van der Waals surface area contributed by atoms with Crippen LogP contribution < -0.4 is 5.32 Å². The Morgan fingerprint density at radius 1 is 1.16 bits per heavy atom. The Bertz CT molecular complexity index is 750. The van der Waals surface area contributed by atoms with E-state index in [2.05, 4.69) is 24.0 Å². The number of hydrogen-bond acceptors (Lipinski definition) is 3. The summed E-state index contributed by atoms with van der Waals surface area (Å²) in [6.07, 6.45) is 0. The molecule has 2 rings (SSSR count). The van der Waals surface area contributed by atoms with Crippen LogP contribution in [0.25, 0.3) is 0 Å². The third kappa shape index (κ3) is 4.17. The standard InChI is InChI=1S/C20H26N2O3/c1-6-25-20(24)17-12(2)18(22-14(17)4)19(23)15(5)21-13(3)16-10-8-7-9-11-16/h7-11,13,15,21-22H,6H2,1-5H3/p+1/t13-,15+/m0/s1. The molecule has 0 bridgehead atoms. The maximum Gasteiger partial charge on any atom is 0.340 e. The lowest BCUT2D eigenvalue weighted by Gasteiger charge is -2.16. The summed E-state index contributed by atoms with van der Waals surface area (Å²) in [6, 6.07) is 9.99. The number of H-pyrrole nitrogens is 1. The first-order valence-electron chi connectivity index (χ1n) is 8.67. The number of nitrogens with two attached hydrogens (primary N) is 1. The molecular weight excluding hydrogens is 316 g/mol. The van der Waals surface area contributed by atoms with Crippen LogP contribution in [0.3, 0.4) is 0 Å². The first-order chi connectivity index (χ1) is 11.9. The number of carbonyl (C=O) groups is 2. The fourth-order valence-electron chi connectivity index (χ4n) is 3.12. The van der Waals surface area contributed by atoms with E-state index in [9.17, 15) is 9.59 Å². The summed E-state index contributed by atoms with van der Waals surface area (Å²) in [5.41, 5.74) is 3.46. The summed E-state index contributed by atoms with van der Waals surface area (Å²) < 4.78 is 5.09. The molecule has 0 aliphatic carbocycles. The molecule has 0 radical (unpaired) electrons. The highest BCUT2D eigenvalue weighted by Gasteiger charge is 2.28. The quantitative estimate of drug-likeness (QED) is 0.599. The molecule has 25 heavy (non-hydrogen) atoms. The molecule has 1 heterocycles. The van der Waals surface area contributed by atoms with Crippen molar-refractivity contribution in [3.63, 3.8) is 0 Å². The summed E-state index contributed by atoms with van der Waals surface area (Å²) in [5, 5.41) is 2.04. The van der Waals surface area contributed by atoms with Crippen LogP contribution in [0.15, 0.2) is 30.3 Å². The molecule has 0 fully saturated rings.